The maximum absolute atomic E-state index is 12.9. The number of hydrogen-bond donors (Lipinski definition) is 0. The Balaban J connectivity index is 1.73. The van der Waals surface area contributed by atoms with Gasteiger partial charge in [0.2, 0.25) is 5.91 Å². The van der Waals surface area contributed by atoms with Crippen molar-refractivity contribution in [3.05, 3.63) is 46.5 Å². The second kappa shape index (κ2) is 7.00. The molecule has 1 saturated heterocycles. The van der Waals surface area contributed by atoms with E-state index in [-0.39, 0.29) is 17.9 Å². The smallest absolute Gasteiger partial charge is 0.290 e. The van der Waals surface area contributed by atoms with Gasteiger partial charge in [-0.05, 0) is 43.3 Å². The van der Waals surface area contributed by atoms with Gasteiger partial charge < -0.3 is 14.2 Å². The average molecular weight is 332 g/mol. The minimum absolute atomic E-state index is 0.0262. The third kappa shape index (κ3) is 3.32. The van der Waals surface area contributed by atoms with E-state index in [0.29, 0.717) is 31.8 Å². The first kappa shape index (κ1) is 15.8. The van der Waals surface area contributed by atoms with Crippen LogP contribution >= 0.6 is 11.3 Å². The molecular formula is C17H20N2O3S. The fourth-order valence-electron chi connectivity index (χ4n) is 2.96. The summed E-state index contributed by atoms with van der Waals surface area (Å²) in [5.74, 6) is 0.127. The van der Waals surface area contributed by atoms with Gasteiger partial charge in [-0.25, -0.2) is 0 Å². The molecule has 1 aliphatic rings. The van der Waals surface area contributed by atoms with Crippen molar-refractivity contribution in [1.29, 1.82) is 0 Å². The zero-order valence-electron chi connectivity index (χ0n) is 13.1. The normalized spacial score (nSPS) is 17.4. The van der Waals surface area contributed by atoms with Crippen LogP contribution < -0.4 is 0 Å². The second-order valence-electron chi connectivity index (χ2n) is 5.57. The summed E-state index contributed by atoms with van der Waals surface area (Å²) < 4.78 is 5.19. The first-order chi connectivity index (χ1) is 11.2. The topological polar surface area (TPSA) is 53.8 Å². The van der Waals surface area contributed by atoms with Gasteiger partial charge >= 0.3 is 0 Å². The number of thiophene rings is 1. The lowest BCUT2D eigenvalue weighted by Gasteiger charge is -2.29. The maximum atomic E-state index is 12.9. The van der Waals surface area contributed by atoms with Crippen LogP contribution in [-0.2, 0) is 11.3 Å². The predicted octanol–water partition coefficient (Wildman–Crippen LogP) is 2.99. The van der Waals surface area contributed by atoms with Gasteiger partial charge in [-0.3, -0.25) is 9.59 Å². The summed E-state index contributed by atoms with van der Waals surface area (Å²) in [6.07, 6.45) is 3.04. The summed E-state index contributed by atoms with van der Waals surface area (Å²) >= 11 is 1.64. The van der Waals surface area contributed by atoms with Gasteiger partial charge in [-0.2, -0.15) is 0 Å². The van der Waals surface area contributed by atoms with E-state index in [4.69, 9.17) is 4.42 Å². The van der Waals surface area contributed by atoms with Gasteiger partial charge in [-0.1, -0.05) is 6.07 Å². The molecule has 0 saturated carbocycles. The van der Waals surface area contributed by atoms with Crippen LogP contribution in [0.4, 0.5) is 0 Å². The number of likely N-dealkylation sites (N-methyl/N-ethyl adjacent to an activating group) is 1. The first-order valence-corrected chi connectivity index (χ1v) is 8.74. The Morgan fingerprint density at radius 3 is 2.91 bits per heavy atom. The highest BCUT2D eigenvalue weighted by Gasteiger charge is 2.37. The molecule has 0 radical (unpaired) electrons. The molecule has 1 aliphatic heterocycles. The molecule has 0 aromatic carbocycles. The molecule has 3 rings (SSSR count). The minimum atomic E-state index is -0.382. The minimum Gasteiger partial charge on any atom is -0.459 e. The number of hydrogen-bond acceptors (Lipinski definition) is 4. The van der Waals surface area contributed by atoms with Crippen LogP contribution in [0, 0.1) is 0 Å². The molecule has 2 aromatic rings. The van der Waals surface area contributed by atoms with E-state index in [0.717, 1.165) is 11.3 Å². The predicted molar refractivity (Wildman–Crippen MR) is 88.2 cm³/mol. The van der Waals surface area contributed by atoms with Crippen molar-refractivity contribution in [1.82, 2.24) is 9.80 Å². The molecule has 0 spiro atoms. The molecule has 2 aromatic heterocycles. The summed E-state index contributed by atoms with van der Waals surface area (Å²) in [7, 11) is 0. The van der Waals surface area contributed by atoms with Crippen LogP contribution in [0.15, 0.2) is 40.3 Å². The van der Waals surface area contributed by atoms with Crippen molar-refractivity contribution in [2.45, 2.75) is 32.4 Å². The van der Waals surface area contributed by atoms with E-state index in [2.05, 4.69) is 0 Å². The van der Waals surface area contributed by atoms with E-state index in [9.17, 15) is 9.59 Å². The molecule has 0 bridgehead atoms. The average Bonchev–Trinajstić information content (AvgIpc) is 3.33. The molecule has 5 nitrogen and oxygen atoms in total. The zero-order chi connectivity index (χ0) is 16.2. The lowest BCUT2D eigenvalue weighted by atomic mass is 10.2. The summed E-state index contributed by atoms with van der Waals surface area (Å²) in [6.45, 7) is 3.81. The van der Waals surface area contributed by atoms with Crippen LogP contribution in [0.3, 0.4) is 0 Å². The molecule has 122 valence electrons. The number of furan rings is 1. The molecule has 3 heterocycles. The van der Waals surface area contributed by atoms with Crippen molar-refractivity contribution in [2.75, 3.05) is 13.1 Å². The van der Waals surface area contributed by atoms with Gasteiger partial charge in [0.1, 0.15) is 6.04 Å². The third-order valence-electron chi connectivity index (χ3n) is 4.15. The first-order valence-electron chi connectivity index (χ1n) is 7.86. The van der Waals surface area contributed by atoms with Gasteiger partial charge in [0.15, 0.2) is 5.76 Å². The van der Waals surface area contributed by atoms with Gasteiger partial charge in [-0.15, -0.1) is 11.3 Å². The van der Waals surface area contributed by atoms with Crippen molar-refractivity contribution < 1.29 is 14.0 Å². The third-order valence-corrected chi connectivity index (χ3v) is 5.01. The molecular weight excluding hydrogens is 312 g/mol. The summed E-state index contributed by atoms with van der Waals surface area (Å²) in [5, 5.41) is 2.01. The molecule has 1 atom stereocenters. The van der Waals surface area contributed by atoms with E-state index in [1.807, 2.05) is 29.3 Å². The fourth-order valence-corrected chi connectivity index (χ4v) is 3.67. The number of carbonyl (C=O) groups is 2. The Kier molecular flexibility index (Phi) is 4.81. The Morgan fingerprint density at radius 1 is 1.39 bits per heavy atom. The van der Waals surface area contributed by atoms with Crippen molar-refractivity contribution in [3.63, 3.8) is 0 Å². The molecule has 1 fully saturated rings. The van der Waals surface area contributed by atoms with Gasteiger partial charge in [0, 0.05) is 18.0 Å². The maximum Gasteiger partial charge on any atom is 0.290 e. The van der Waals surface area contributed by atoms with Crippen LogP contribution in [0.25, 0.3) is 0 Å². The van der Waals surface area contributed by atoms with E-state index in [1.165, 1.54) is 6.26 Å². The lowest BCUT2D eigenvalue weighted by Crippen LogP contribution is -2.47. The number of carbonyl (C=O) groups excluding carboxylic acids is 2. The number of rotatable bonds is 5. The summed E-state index contributed by atoms with van der Waals surface area (Å²) in [5.41, 5.74) is 0. The standard InChI is InChI=1S/C17H20N2O3S/c1-2-18(12-13-6-5-11-23-13)16(20)14-7-3-9-19(14)17(21)15-8-4-10-22-15/h4-6,8,10-11,14H,2-3,7,9,12H2,1H3. The van der Waals surface area contributed by atoms with Crippen LogP contribution in [0.1, 0.15) is 35.2 Å². The van der Waals surface area contributed by atoms with E-state index >= 15 is 0 Å². The highest BCUT2D eigenvalue weighted by molar-refractivity contribution is 7.09. The number of nitrogens with zero attached hydrogens (tertiary/aromatic N) is 2. The van der Waals surface area contributed by atoms with Crippen LogP contribution in [0.2, 0.25) is 0 Å². The summed E-state index contributed by atoms with van der Waals surface area (Å²) in [4.78, 5) is 30.0. The Morgan fingerprint density at radius 2 is 2.26 bits per heavy atom. The van der Waals surface area contributed by atoms with Crippen molar-refractivity contribution >= 4 is 23.2 Å². The lowest BCUT2D eigenvalue weighted by molar-refractivity contribution is -0.135. The number of likely N-dealkylation sites (tertiary alicyclic amines) is 1. The van der Waals surface area contributed by atoms with Gasteiger partial charge in [0.05, 0.1) is 12.8 Å². The Labute approximate surface area is 139 Å². The SMILES string of the molecule is CCN(Cc1cccs1)C(=O)C1CCCN1C(=O)c1ccco1. The molecule has 6 heteroatoms. The van der Waals surface area contributed by atoms with Crippen molar-refractivity contribution in [2.24, 2.45) is 0 Å². The van der Waals surface area contributed by atoms with Crippen molar-refractivity contribution in [3.8, 4) is 0 Å². The fraction of sp³-hybridized carbons (Fsp3) is 0.412. The molecule has 23 heavy (non-hydrogen) atoms. The molecule has 2 amide bonds. The Bertz CT molecular complexity index is 651. The zero-order valence-corrected chi connectivity index (χ0v) is 13.9. The van der Waals surface area contributed by atoms with E-state index in [1.54, 1.807) is 28.4 Å². The molecule has 1 unspecified atom stereocenters. The van der Waals surface area contributed by atoms with Crippen LogP contribution in [0.5, 0.6) is 0 Å². The quantitative estimate of drug-likeness (QED) is 0.846. The highest BCUT2D eigenvalue weighted by Crippen LogP contribution is 2.23. The Hall–Kier alpha value is -2.08. The van der Waals surface area contributed by atoms with E-state index < -0.39 is 0 Å². The van der Waals surface area contributed by atoms with Gasteiger partial charge in [0.25, 0.3) is 5.91 Å². The largest absolute Gasteiger partial charge is 0.459 e. The molecule has 0 N–H and O–H groups in total. The highest BCUT2D eigenvalue weighted by atomic mass is 32.1. The second-order valence-corrected chi connectivity index (χ2v) is 6.60. The van der Waals surface area contributed by atoms with Crippen LogP contribution in [-0.4, -0.2) is 40.7 Å². The summed E-state index contributed by atoms with van der Waals surface area (Å²) in [6, 6.07) is 6.97. The monoisotopic (exact) mass is 332 g/mol. The number of amides is 2. The molecule has 0 aliphatic carbocycles.